The lowest BCUT2D eigenvalue weighted by atomic mass is 10.2. The molecule has 1 amide bonds. The van der Waals surface area contributed by atoms with E-state index in [4.69, 9.17) is 5.73 Å². The van der Waals surface area contributed by atoms with Gasteiger partial charge in [-0.25, -0.2) is 0 Å². The highest BCUT2D eigenvalue weighted by atomic mass is 16.1. The fraction of sp³-hybridized carbons (Fsp3) is 0.923. The van der Waals surface area contributed by atoms with Gasteiger partial charge in [-0.05, 0) is 41.0 Å². The minimum atomic E-state index is 0.101. The van der Waals surface area contributed by atoms with Gasteiger partial charge in [0.15, 0.2) is 0 Å². The Hall–Kier alpha value is -0.610. The molecule has 3 N–H and O–H groups in total. The Kier molecular flexibility index (Phi) is 8.17. The Morgan fingerprint density at radius 2 is 1.71 bits per heavy atom. The lowest BCUT2D eigenvalue weighted by molar-refractivity contribution is -0.121. The van der Waals surface area contributed by atoms with Gasteiger partial charge in [-0.15, -0.1) is 0 Å². The third kappa shape index (κ3) is 8.16. The molecule has 0 aliphatic carbocycles. The Bertz CT molecular complexity index is 207. The number of nitrogens with one attached hydrogen (secondary N) is 1. The molecule has 0 spiro atoms. The van der Waals surface area contributed by atoms with Gasteiger partial charge in [-0.1, -0.05) is 0 Å². The Labute approximate surface area is 106 Å². The summed E-state index contributed by atoms with van der Waals surface area (Å²) in [6.07, 6.45) is 1.28. The molecule has 0 fully saturated rings. The van der Waals surface area contributed by atoms with E-state index in [-0.39, 0.29) is 11.9 Å². The zero-order chi connectivity index (χ0) is 13.4. The number of nitrogens with two attached hydrogens (primary N) is 1. The first kappa shape index (κ1) is 16.4. The summed E-state index contributed by atoms with van der Waals surface area (Å²) in [4.78, 5) is 13.9. The molecule has 0 aliphatic heterocycles. The predicted octanol–water partition coefficient (Wildman–Crippen LogP) is 1.35. The topological polar surface area (TPSA) is 58.4 Å². The monoisotopic (exact) mass is 243 g/mol. The van der Waals surface area contributed by atoms with Crippen LogP contribution in [0.25, 0.3) is 0 Å². The van der Waals surface area contributed by atoms with Gasteiger partial charge >= 0.3 is 0 Å². The number of rotatable bonds is 8. The first-order valence-corrected chi connectivity index (χ1v) is 6.62. The van der Waals surface area contributed by atoms with Gasteiger partial charge in [0, 0.05) is 37.6 Å². The van der Waals surface area contributed by atoms with Gasteiger partial charge in [0.05, 0.1) is 0 Å². The molecule has 0 saturated carbocycles. The van der Waals surface area contributed by atoms with Crippen molar-refractivity contribution < 1.29 is 4.79 Å². The van der Waals surface area contributed by atoms with Crippen LogP contribution < -0.4 is 11.1 Å². The van der Waals surface area contributed by atoms with Crippen molar-refractivity contribution in [2.45, 2.75) is 65.6 Å². The van der Waals surface area contributed by atoms with E-state index in [1.165, 1.54) is 0 Å². The zero-order valence-electron chi connectivity index (χ0n) is 12.0. The standard InChI is InChI=1S/C13H29N3O/c1-10(2)16(11(3)4)9-8-15-13(17)7-6-12(5)14/h10-12H,6-9,14H2,1-5H3,(H,15,17). The summed E-state index contributed by atoms with van der Waals surface area (Å²) in [6, 6.07) is 1.12. The number of hydrogen-bond donors (Lipinski definition) is 2. The second-order valence-electron chi connectivity index (χ2n) is 5.29. The average Bonchev–Trinajstić information content (AvgIpc) is 2.20. The molecule has 0 heterocycles. The lowest BCUT2D eigenvalue weighted by Gasteiger charge is -2.30. The zero-order valence-corrected chi connectivity index (χ0v) is 12.0. The number of carbonyl (C=O) groups is 1. The van der Waals surface area contributed by atoms with Crippen LogP contribution >= 0.6 is 0 Å². The highest BCUT2D eigenvalue weighted by molar-refractivity contribution is 5.75. The largest absolute Gasteiger partial charge is 0.355 e. The van der Waals surface area contributed by atoms with Crippen LogP contribution in [-0.4, -0.2) is 42.0 Å². The highest BCUT2D eigenvalue weighted by Gasteiger charge is 2.12. The maximum Gasteiger partial charge on any atom is 0.220 e. The van der Waals surface area contributed by atoms with Gasteiger partial charge in [0.2, 0.25) is 5.91 Å². The molecular formula is C13H29N3O. The molecule has 0 saturated heterocycles. The van der Waals surface area contributed by atoms with Crippen LogP contribution in [0.4, 0.5) is 0 Å². The lowest BCUT2D eigenvalue weighted by Crippen LogP contribution is -2.42. The molecule has 0 aromatic rings. The summed E-state index contributed by atoms with van der Waals surface area (Å²) < 4.78 is 0. The van der Waals surface area contributed by atoms with Crippen molar-refractivity contribution in [3.63, 3.8) is 0 Å². The molecule has 4 nitrogen and oxygen atoms in total. The second-order valence-corrected chi connectivity index (χ2v) is 5.29. The molecule has 0 rings (SSSR count). The van der Waals surface area contributed by atoms with Gasteiger partial charge in [-0.3, -0.25) is 9.69 Å². The molecule has 102 valence electrons. The molecule has 17 heavy (non-hydrogen) atoms. The second kappa shape index (κ2) is 8.48. The summed E-state index contributed by atoms with van der Waals surface area (Å²) in [5.74, 6) is 0.106. The summed E-state index contributed by atoms with van der Waals surface area (Å²) >= 11 is 0. The van der Waals surface area contributed by atoms with E-state index >= 15 is 0 Å². The number of hydrogen-bond acceptors (Lipinski definition) is 3. The van der Waals surface area contributed by atoms with E-state index < -0.39 is 0 Å². The van der Waals surface area contributed by atoms with E-state index in [2.05, 4.69) is 37.9 Å². The Balaban J connectivity index is 3.77. The molecule has 0 aliphatic rings. The molecule has 4 heteroatoms. The van der Waals surface area contributed by atoms with Crippen LogP contribution in [0.5, 0.6) is 0 Å². The van der Waals surface area contributed by atoms with Crippen molar-refractivity contribution in [1.82, 2.24) is 10.2 Å². The minimum Gasteiger partial charge on any atom is -0.355 e. The fourth-order valence-corrected chi connectivity index (χ4v) is 1.88. The van der Waals surface area contributed by atoms with Crippen LogP contribution in [0.3, 0.4) is 0 Å². The molecular weight excluding hydrogens is 214 g/mol. The van der Waals surface area contributed by atoms with E-state index in [1.807, 2.05) is 6.92 Å². The summed E-state index contributed by atoms with van der Waals surface area (Å²) in [5.41, 5.74) is 5.61. The summed E-state index contributed by atoms with van der Waals surface area (Å²) in [5, 5.41) is 2.94. The molecule has 0 aromatic carbocycles. The van der Waals surface area contributed by atoms with Gasteiger partial charge in [0.25, 0.3) is 0 Å². The minimum absolute atomic E-state index is 0.101. The quantitative estimate of drug-likeness (QED) is 0.676. The first-order chi connectivity index (χ1) is 7.84. The normalized spacial score (nSPS) is 13.5. The SMILES string of the molecule is CC(N)CCC(=O)NCCN(C(C)C)C(C)C. The summed E-state index contributed by atoms with van der Waals surface area (Å²) in [6.45, 7) is 12.3. The van der Waals surface area contributed by atoms with E-state index in [0.29, 0.717) is 25.0 Å². The molecule has 0 bridgehead atoms. The Morgan fingerprint density at radius 1 is 1.18 bits per heavy atom. The van der Waals surface area contributed by atoms with Crippen LogP contribution in [0.1, 0.15) is 47.5 Å². The fourth-order valence-electron chi connectivity index (χ4n) is 1.88. The van der Waals surface area contributed by atoms with Crippen molar-refractivity contribution in [2.24, 2.45) is 5.73 Å². The van der Waals surface area contributed by atoms with Crippen LogP contribution in [0.15, 0.2) is 0 Å². The smallest absolute Gasteiger partial charge is 0.220 e. The van der Waals surface area contributed by atoms with E-state index in [1.54, 1.807) is 0 Å². The van der Waals surface area contributed by atoms with Gasteiger partial charge in [-0.2, -0.15) is 0 Å². The van der Waals surface area contributed by atoms with Gasteiger partial charge in [0.1, 0.15) is 0 Å². The van der Waals surface area contributed by atoms with E-state index in [0.717, 1.165) is 13.0 Å². The van der Waals surface area contributed by atoms with Crippen molar-refractivity contribution in [3.05, 3.63) is 0 Å². The van der Waals surface area contributed by atoms with Crippen molar-refractivity contribution in [1.29, 1.82) is 0 Å². The van der Waals surface area contributed by atoms with Gasteiger partial charge < -0.3 is 11.1 Å². The average molecular weight is 243 g/mol. The first-order valence-electron chi connectivity index (χ1n) is 6.62. The van der Waals surface area contributed by atoms with Crippen LogP contribution in [-0.2, 0) is 4.79 Å². The molecule has 1 atom stereocenters. The maximum absolute atomic E-state index is 11.5. The molecule has 0 radical (unpaired) electrons. The van der Waals surface area contributed by atoms with Crippen molar-refractivity contribution >= 4 is 5.91 Å². The molecule has 1 unspecified atom stereocenters. The highest BCUT2D eigenvalue weighted by Crippen LogP contribution is 2.03. The number of amides is 1. The number of nitrogens with zero attached hydrogens (tertiary/aromatic N) is 1. The van der Waals surface area contributed by atoms with Crippen LogP contribution in [0, 0.1) is 0 Å². The maximum atomic E-state index is 11.5. The summed E-state index contributed by atoms with van der Waals surface area (Å²) in [7, 11) is 0. The molecule has 0 aromatic heterocycles. The van der Waals surface area contributed by atoms with Crippen molar-refractivity contribution in [2.75, 3.05) is 13.1 Å². The van der Waals surface area contributed by atoms with Crippen molar-refractivity contribution in [3.8, 4) is 0 Å². The Morgan fingerprint density at radius 3 is 2.12 bits per heavy atom. The third-order valence-corrected chi connectivity index (χ3v) is 2.85. The predicted molar refractivity (Wildman–Crippen MR) is 72.9 cm³/mol. The van der Waals surface area contributed by atoms with Crippen LogP contribution in [0.2, 0.25) is 0 Å². The van der Waals surface area contributed by atoms with E-state index in [9.17, 15) is 4.79 Å². The third-order valence-electron chi connectivity index (χ3n) is 2.85. The number of carbonyl (C=O) groups excluding carboxylic acids is 1.